The summed E-state index contributed by atoms with van der Waals surface area (Å²) in [6.45, 7) is 10.5. The van der Waals surface area contributed by atoms with E-state index in [1.807, 2.05) is 32.0 Å². The number of aryl methyl sites for hydroxylation is 6. The quantitative estimate of drug-likeness (QED) is 0.0231. The van der Waals surface area contributed by atoms with Crippen molar-refractivity contribution in [1.29, 1.82) is 0 Å². The molecule has 41 heteroatoms. The smallest absolute Gasteiger partial charge is 0.298 e. The van der Waals surface area contributed by atoms with Crippen molar-refractivity contribution in [2.45, 2.75) is 90.5 Å². The molecule has 0 radical (unpaired) electrons. The molecule has 0 saturated heterocycles. The average molecular weight is 1750 g/mol. The van der Waals surface area contributed by atoms with Gasteiger partial charge in [0, 0.05) is 44.5 Å². The van der Waals surface area contributed by atoms with Crippen molar-refractivity contribution in [1.82, 2.24) is 0 Å². The standard InChI is InChI=1S/C28H22O12S3.C25H20O8S2.C21H18O12S4/c1-16-6-7-17(2)22(12-16)28(30)20-9-11-24(26(15-20)43(37,38)39)40-23-10-8-19(14-25(23)42(34,35)36)27(29)18-4-3-5-21(13-18)41(31,32)33;1-15-3-4-16(2)22(11-15)25(26)17-5-8-20(9-6-17)33-23-13-18-7-10-21(34(27,28)29)12-19(18)14-24(23)35(30,31)32;1-12-3-4-13(2)16(9-12)21(22)14-5-7-17(19(10-14)36(28,29)30)34(23,24)18-8-6-15(35(25,26)27)11-20(18)37(31,32)33/h3-15H,1-2H3,(H,31,32,33)(H,34,35,36)(H,37,38,39);3-14H,1-2H3,(H,27,28,29)(H,30,31,32);3-11H,1-2H3,(H,25,26,27)(H,28,29,30)(H,31,32,33). The zero-order chi connectivity index (χ0) is 85.6. The van der Waals surface area contributed by atoms with Gasteiger partial charge in [0.1, 0.15) is 47.5 Å². The lowest BCUT2D eigenvalue weighted by molar-refractivity contribution is 0.103. The molecule has 115 heavy (non-hydrogen) atoms. The summed E-state index contributed by atoms with van der Waals surface area (Å²) in [5, 5.41) is 0.552. The van der Waals surface area contributed by atoms with E-state index in [1.54, 1.807) is 70.2 Å². The second-order valence-corrected chi connectivity index (χ2v) is 38.3. The minimum absolute atomic E-state index is 0.128. The Kier molecular flexibility index (Phi) is 25.2. The molecular formula is C74H60O32S9. The Labute approximate surface area is 658 Å². The summed E-state index contributed by atoms with van der Waals surface area (Å²) in [7, 11) is -45.1. The van der Waals surface area contributed by atoms with Crippen molar-refractivity contribution >= 4 is 125 Å². The number of ether oxygens (including phenoxy) is 2. The molecule has 11 rings (SSSR count). The largest absolute Gasteiger partial charge is 0.456 e. The van der Waals surface area contributed by atoms with Crippen LogP contribution in [0.1, 0.15) is 97.1 Å². The van der Waals surface area contributed by atoms with Crippen LogP contribution < -0.4 is 9.47 Å². The summed E-state index contributed by atoms with van der Waals surface area (Å²) < 4.78 is 304. The fourth-order valence-corrected chi connectivity index (χ4v) is 18.5. The second kappa shape index (κ2) is 32.8. The molecule has 0 aromatic heterocycles. The van der Waals surface area contributed by atoms with E-state index in [-0.39, 0.29) is 62.1 Å². The highest BCUT2D eigenvalue weighted by molar-refractivity contribution is 7.94. The maximum Gasteiger partial charge on any atom is 0.298 e. The minimum atomic E-state index is -5.44. The first-order valence-corrected chi connectivity index (χ1v) is 45.1. The van der Waals surface area contributed by atoms with Crippen LogP contribution in [0.25, 0.3) is 10.8 Å². The molecule has 0 spiro atoms. The van der Waals surface area contributed by atoms with Crippen molar-refractivity contribution in [3.8, 4) is 23.0 Å². The molecule has 11 aromatic carbocycles. The molecule has 32 nitrogen and oxygen atoms in total. The van der Waals surface area contributed by atoms with Crippen LogP contribution in [0.3, 0.4) is 0 Å². The topological polar surface area (TPSA) is 556 Å². The van der Waals surface area contributed by atoms with Crippen molar-refractivity contribution in [2.24, 2.45) is 0 Å². The van der Waals surface area contributed by atoms with Gasteiger partial charge < -0.3 is 9.47 Å². The summed E-state index contributed by atoms with van der Waals surface area (Å²) in [6.07, 6.45) is 0. The maximum absolute atomic E-state index is 13.3. The van der Waals surface area contributed by atoms with Crippen molar-refractivity contribution in [2.75, 3.05) is 0 Å². The third-order valence-corrected chi connectivity index (χ3v) is 25.9. The average Bonchev–Trinajstić information content (AvgIpc) is 0.747. The Morgan fingerprint density at radius 2 is 0.583 bits per heavy atom. The molecule has 0 aliphatic carbocycles. The van der Waals surface area contributed by atoms with Crippen LogP contribution in [-0.2, 0) is 90.8 Å². The number of rotatable bonds is 22. The number of ketones is 4. The minimum Gasteiger partial charge on any atom is -0.456 e. The lowest BCUT2D eigenvalue weighted by atomic mass is 9.97. The molecule has 0 bridgehead atoms. The Morgan fingerprint density at radius 1 is 0.243 bits per heavy atom. The van der Waals surface area contributed by atoms with Crippen molar-refractivity contribution < 1.29 is 141 Å². The molecular weight excluding hydrogens is 1690 g/mol. The van der Waals surface area contributed by atoms with E-state index in [4.69, 9.17) is 14.0 Å². The first-order valence-electron chi connectivity index (χ1n) is 32.1. The summed E-state index contributed by atoms with van der Waals surface area (Å²) >= 11 is 0. The summed E-state index contributed by atoms with van der Waals surface area (Å²) in [6, 6.07) is 40.9. The molecule has 0 aliphatic heterocycles. The van der Waals surface area contributed by atoms with Crippen LogP contribution >= 0.6 is 0 Å². The molecule has 602 valence electrons. The number of benzene rings is 11. The number of hydrogen-bond acceptors (Lipinski definition) is 24. The van der Waals surface area contributed by atoms with Gasteiger partial charge >= 0.3 is 0 Å². The molecule has 0 saturated carbocycles. The van der Waals surface area contributed by atoms with E-state index in [9.17, 15) is 127 Å². The lowest BCUT2D eigenvalue weighted by Crippen LogP contribution is -2.15. The highest BCUT2D eigenvalue weighted by Gasteiger charge is 2.35. The van der Waals surface area contributed by atoms with Crippen LogP contribution in [0.15, 0.2) is 255 Å². The van der Waals surface area contributed by atoms with Crippen LogP contribution in [-0.4, -0.2) is 135 Å². The van der Waals surface area contributed by atoms with Gasteiger partial charge in [-0.05, 0) is 221 Å². The first-order chi connectivity index (χ1) is 52.9. The SMILES string of the molecule is Cc1ccc(C)c(C(=O)c2ccc(Oc3cc4ccc(S(=O)(=O)O)cc4cc3S(=O)(=O)O)cc2)c1.Cc1ccc(C)c(C(=O)c2ccc(Oc3ccc(C(=O)c4cccc(S(=O)(=O)O)c4)cc3S(=O)(=O)O)c(S(=O)(=O)O)c2)c1.Cc1ccc(C)c(C(=O)c2ccc(S(=O)(=O)c3ccc(S(=O)(=O)O)cc3S(=O)(=O)O)c(S(=O)(=O)O)c2)c1. The molecule has 0 fully saturated rings. The van der Waals surface area contributed by atoms with E-state index in [0.29, 0.717) is 63.5 Å². The van der Waals surface area contributed by atoms with Crippen LogP contribution in [0, 0.1) is 41.5 Å². The third-order valence-electron chi connectivity index (χ3n) is 16.8. The molecule has 0 amide bonds. The fourth-order valence-electron chi connectivity index (χ4n) is 11.1. The monoisotopic (exact) mass is 1750 g/mol. The zero-order valence-corrected chi connectivity index (χ0v) is 67.0. The van der Waals surface area contributed by atoms with Gasteiger partial charge in [-0.15, -0.1) is 0 Å². The van der Waals surface area contributed by atoms with Gasteiger partial charge in [0.05, 0.1) is 24.5 Å². The van der Waals surface area contributed by atoms with Crippen molar-refractivity contribution in [3.63, 3.8) is 0 Å². The Balaban J connectivity index is 0.000000199. The number of carbonyl (C=O) groups is 4. The molecule has 0 aliphatic rings. The van der Waals surface area contributed by atoms with Gasteiger partial charge in [-0.25, -0.2) is 8.42 Å². The van der Waals surface area contributed by atoms with E-state index < -0.39 is 169 Å². The predicted molar refractivity (Wildman–Crippen MR) is 408 cm³/mol. The van der Waals surface area contributed by atoms with E-state index in [0.717, 1.165) is 77.4 Å². The number of carbonyl (C=O) groups excluding carboxylic acids is 4. The summed E-state index contributed by atoms with van der Waals surface area (Å²) in [5.41, 5.74) is 4.81. The normalized spacial score (nSPS) is 12.3. The third kappa shape index (κ3) is 20.8. The van der Waals surface area contributed by atoms with E-state index >= 15 is 0 Å². The van der Waals surface area contributed by atoms with Crippen molar-refractivity contribution in [3.05, 3.63) is 284 Å². The lowest BCUT2D eigenvalue weighted by Gasteiger charge is -2.14. The highest BCUT2D eigenvalue weighted by atomic mass is 32.3. The second-order valence-electron chi connectivity index (χ2n) is 25.2. The highest BCUT2D eigenvalue weighted by Crippen LogP contribution is 2.39. The Morgan fingerprint density at radius 3 is 1.01 bits per heavy atom. The molecule has 0 unspecified atom stereocenters. The number of hydrogen-bond donors (Lipinski definition) is 8. The number of sulfone groups is 1. The molecule has 11 aromatic rings. The van der Waals surface area contributed by atoms with Gasteiger partial charge in [0.15, 0.2) is 23.1 Å². The maximum atomic E-state index is 13.3. The summed E-state index contributed by atoms with van der Waals surface area (Å²) in [4.78, 5) is 42.3. The zero-order valence-electron chi connectivity index (χ0n) is 59.7. The Bertz CT molecular complexity index is 7050. The molecule has 8 N–H and O–H groups in total. The van der Waals surface area contributed by atoms with E-state index in [2.05, 4.69) is 0 Å². The molecule has 0 atom stereocenters. The number of fused-ring (bicyclic) bond motifs is 1. The van der Waals surface area contributed by atoms with Crippen LogP contribution in [0.2, 0.25) is 0 Å². The summed E-state index contributed by atoms with van der Waals surface area (Å²) in [5.74, 6) is -3.57. The van der Waals surface area contributed by atoms with E-state index in [1.165, 1.54) is 48.5 Å². The first kappa shape index (κ1) is 88.1. The van der Waals surface area contributed by atoms with Crippen LogP contribution in [0.5, 0.6) is 23.0 Å². The fraction of sp³-hybridized carbons (Fsp3) is 0.0811. The van der Waals surface area contributed by atoms with Gasteiger partial charge in [-0.1, -0.05) is 71.3 Å². The van der Waals surface area contributed by atoms with Gasteiger partial charge in [-0.3, -0.25) is 55.6 Å². The van der Waals surface area contributed by atoms with Crippen LogP contribution in [0.4, 0.5) is 0 Å². The Hall–Kier alpha value is -10.8. The predicted octanol–water partition coefficient (Wildman–Crippen LogP) is 11.4. The van der Waals surface area contributed by atoms with Gasteiger partial charge in [-0.2, -0.15) is 67.3 Å². The van der Waals surface area contributed by atoms with Gasteiger partial charge in [0.2, 0.25) is 9.84 Å². The molecule has 0 heterocycles. The van der Waals surface area contributed by atoms with Gasteiger partial charge in [0.25, 0.3) is 80.9 Å².